The second-order valence-corrected chi connectivity index (χ2v) is 5.60. The van der Waals surface area contributed by atoms with Crippen molar-refractivity contribution in [3.8, 4) is 11.5 Å². The third-order valence-corrected chi connectivity index (χ3v) is 3.64. The van der Waals surface area contributed by atoms with E-state index in [0.717, 1.165) is 11.3 Å². The highest BCUT2D eigenvalue weighted by Gasteiger charge is 2.15. The number of hydrogen-bond donors (Lipinski definition) is 1. The molecule has 5 heteroatoms. The summed E-state index contributed by atoms with van der Waals surface area (Å²) < 4.78 is 11.5. The van der Waals surface area contributed by atoms with Gasteiger partial charge in [-0.3, -0.25) is 4.79 Å². The van der Waals surface area contributed by atoms with Crippen LogP contribution in [-0.4, -0.2) is 19.6 Å². The van der Waals surface area contributed by atoms with Crippen molar-refractivity contribution in [1.82, 2.24) is 0 Å². The van der Waals surface area contributed by atoms with E-state index in [1.807, 2.05) is 38.1 Å². The lowest BCUT2D eigenvalue weighted by Crippen LogP contribution is -2.12. The third-order valence-electron chi connectivity index (χ3n) is 3.05. The number of aryl methyl sites for hydroxylation is 1. The molecule has 0 atom stereocenters. The maximum absolute atomic E-state index is 12.4. The quantitative estimate of drug-likeness (QED) is 0.855. The monoisotopic (exact) mass is 363 g/mol. The number of hydrogen-bond acceptors (Lipinski definition) is 3. The summed E-state index contributed by atoms with van der Waals surface area (Å²) in [6.45, 7) is 4.35. The molecule has 22 heavy (non-hydrogen) atoms. The Kier molecular flexibility index (Phi) is 5.44. The Hall–Kier alpha value is -2.01. The summed E-state index contributed by atoms with van der Waals surface area (Å²) in [5.41, 5.74) is 2.34. The summed E-state index contributed by atoms with van der Waals surface area (Å²) in [4.78, 5) is 12.4. The van der Waals surface area contributed by atoms with E-state index in [2.05, 4.69) is 21.2 Å². The van der Waals surface area contributed by atoms with Crippen LogP contribution in [0.5, 0.6) is 11.5 Å². The largest absolute Gasteiger partial charge is 0.492 e. The first-order valence-electron chi connectivity index (χ1n) is 6.93. The van der Waals surface area contributed by atoms with Crippen molar-refractivity contribution in [2.75, 3.05) is 19.0 Å². The first kappa shape index (κ1) is 16.4. The molecular formula is C17H18BrNO3. The number of amides is 1. The lowest BCUT2D eigenvalue weighted by atomic mass is 10.1. The molecule has 0 aliphatic rings. The number of carbonyl (C=O) groups is 1. The van der Waals surface area contributed by atoms with Gasteiger partial charge in [0.05, 0.1) is 18.2 Å². The van der Waals surface area contributed by atoms with Gasteiger partial charge in [0.15, 0.2) is 11.5 Å². The normalized spacial score (nSPS) is 10.2. The van der Waals surface area contributed by atoms with Crippen molar-refractivity contribution in [2.45, 2.75) is 13.8 Å². The third kappa shape index (κ3) is 3.80. The first-order valence-corrected chi connectivity index (χ1v) is 7.72. The Morgan fingerprint density at radius 3 is 2.68 bits per heavy atom. The molecule has 0 radical (unpaired) electrons. The van der Waals surface area contributed by atoms with Crippen LogP contribution in [0.25, 0.3) is 0 Å². The fourth-order valence-electron chi connectivity index (χ4n) is 2.09. The fraction of sp³-hybridized carbons (Fsp3) is 0.235. The molecule has 0 spiro atoms. The number of ether oxygens (including phenoxy) is 2. The maximum atomic E-state index is 12.4. The van der Waals surface area contributed by atoms with Gasteiger partial charge >= 0.3 is 0 Å². The molecule has 116 valence electrons. The zero-order valence-corrected chi connectivity index (χ0v) is 14.4. The van der Waals surface area contributed by atoms with Gasteiger partial charge in [-0.2, -0.15) is 0 Å². The van der Waals surface area contributed by atoms with Gasteiger partial charge in [-0.05, 0) is 59.6 Å². The highest BCUT2D eigenvalue weighted by atomic mass is 79.9. The van der Waals surface area contributed by atoms with Gasteiger partial charge in [-0.15, -0.1) is 0 Å². The van der Waals surface area contributed by atoms with E-state index in [-0.39, 0.29) is 5.91 Å². The average molecular weight is 364 g/mol. The number of carbonyl (C=O) groups excluding carboxylic acids is 1. The highest BCUT2D eigenvalue weighted by Crippen LogP contribution is 2.36. The molecule has 1 N–H and O–H groups in total. The van der Waals surface area contributed by atoms with Crippen molar-refractivity contribution in [3.63, 3.8) is 0 Å². The lowest BCUT2D eigenvalue weighted by molar-refractivity contribution is 0.102. The van der Waals surface area contributed by atoms with Gasteiger partial charge in [0.2, 0.25) is 0 Å². The number of nitrogens with one attached hydrogen (secondary N) is 1. The summed E-state index contributed by atoms with van der Waals surface area (Å²) in [6, 6.07) is 11.0. The minimum absolute atomic E-state index is 0.199. The van der Waals surface area contributed by atoms with Crippen molar-refractivity contribution in [1.29, 1.82) is 0 Å². The number of anilines is 1. The van der Waals surface area contributed by atoms with E-state index in [9.17, 15) is 4.79 Å². The van der Waals surface area contributed by atoms with Crippen LogP contribution in [0.4, 0.5) is 5.69 Å². The van der Waals surface area contributed by atoms with Crippen LogP contribution in [0.2, 0.25) is 0 Å². The zero-order chi connectivity index (χ0) is 16.1. The number of methoxy groups -OCH3 is 1. The van der Waals surface area contributed by atoms with Crippen molar-refractivity contribution in [2.24, 2.45) is 0 Å². The standard InChI is InChI=1S/C17H18BrNO3/c1-4-22-15-10-12(9-14(18)16(15)21-3)17(20)19-13-7-5-6-11(2)8-13/h5-10H,4H2,1-3H3,(H,19,20). The van der Waals surface area contributed by atoms with Gasteiger partial charge in [-0.25, -0.2) is 0 Å². The molecule has 2 aromatic rings. The number of benzene rings is 2. The number of rotatable bonds is 5. The maximum Gasteiger partial charge on any atom is 0.255 e. The molecule has 0 saturated heterocycles. The Morgan fingerprint density at radius 1 is 1.27 bits per heavy atom. The molecule has 0 heterocycles. The van der Waals surface area contributed by atoms with E-state index in [0.29, 0.717) is 28.1 Å². The molecule has 1 amide bonds. The molecular weight excluding hydrogens is 346 g/mol. The van der Waals surface area contributed by atoms with Crippen LogP contribution in [0.15, 0.2) is 40.9 Å². The highest BCUT2D eigenvalue weighted by molar-refractivity contribution is 9.10. The molecule has 2 aromatic carbocycles. The van der Waals surface area contributed by atoms with Crippen LogP contribution >= 0.6 is 15.9 Å². The van der Waals surface area contributed by atoms with E-state index >= 15 is 0 Å². The summed E-state index contributed by atoms with van der Waals surface area (Å²) in [6.07, 6.45) is 0. The van der Waals surface area contributed by atoms with Crippen molar-refractivity contribution in [3.05, 3.63) is 52.0 Å². The van der Waals surface area contributed by atoms with Crippen LogP contribution in [-0.2, 0) is 0 Å². The predicted octanol–water partition coefficient (Wildman–Crippen LogP) is 4.42. The molecule has 0 saturated carbocycles. The molecule has 0 unspecified atom stereocenters. The van der Waals surface area contributed by atoms with Crippen LogP contribution in [0.1, 0.15) is 22.8 Å². The topological polar surface area (TPSA) is 47.6 Å². The van der Waals surface area contributed by atoms with Crippen molar-refractivity contribution < 1.29 is 14.3 Å². The van der Waals surface area contributed by atoms with E-state index in [4.69, 9.17) is 9.47 Å². The van der Waals surface area contributed by atoms with Crippen LogP contribution in [0, 0.1) is 6.92 Å². The predicted molar refractivity (Wildman–Crippen MR) is 91.0 cm³/mol. The van der Waals surface area contributed by atoms with Gasteiger partial charge in [0, 0.05) is 11.3 Å². The first-order chi connectivity index (χ1) is 10.5. The summed E-state index contributed by atoms with van der Waals surface area (Å²) >= 11 is 3.41. The summed E-state index contributed by atoms with van der Waals surface area (Å²) in [5, 5.41) is 2.88. The Bertz CT molecular complexity index is 686. The second kappa shape index (κ2) is 7.31. The molecule has 4 nitrogen and oxygen atoms in total. The van der Waals surface area contributed by atoms with Crippen LogP contribution < -0.4 is 14.8 Å². The van der Waals surface area contributed by atoms with Gasteiger partial charge in [-0.1, -0.05) is 12.1 Å². The molecule has 0 aliphatic carbocycles. The van der Waals surface area contributed by atoms with E-state index in [1.54, 1.807) is 19.2 Å². The molecule has 0 bridgehead atoms. The van der Waals surface area contributed by atoms with Gasteiger partial charge in [0.1, 0.15) is 0 Å². The smallest absolute Gasteiger partial charge is 0.255 e. The average Bonchev–Trinajstić information content (AvgIpc) is 2.47. The minimum Gasteiger partial charge on any atom is -0.492 e. The lowest BCUT2D eigenvalue weighted by Gasteiger charge is -2.13. The Morgan fingerprint density at radius 2 is 2.05 bits per heavy atom. The minimum atomic E-state index is -0.199. The zero-order valence-electron chi connectivity index (χ0n) is 12.8. The molecule has 2 rings (SSSR count). The molecule has 0 aromatic heterocycles. The van der Waals surface area contributed by atoms with Crippen molar-refractivity contribution >= 4 is 27.5 Å². The van der Waals surface area contributed by atoms with Crippen LogP contribution in [0.3, 0.4) is 0 Å². The summed E-state index contributed by atoms with van der Waals surface area (Å²) in [7, 11) is 1.56. The fourth-order valence-corrected chi connectivity index (χ4v) is 2.69. The van der Waals surface area contributed by atoms with Gasteiger partial charge in [0.25, 0.3) is 5.91 Å². The van der Waals surface area contributed by atoms with E-state index < -0.39 is 0 Å². The molecule has 0 fully saturated rings. The van der Waals surface area contributed by atoms with Gasteiger partial charge < -0.3 is 14.8 Å². The van der Waals surface area contributed by atoms with E-state index in [1.165, 1.54) is 0 Å². The second-order valence-electron chi connectivity index (χ2n) is 4.75. The Labute approximate surface area is 138 Å². The summed E-state index contributed by atoms with van der Waals surface area (Å²) in [5.74, 6) is 0.914. The molecule has 0 aliphatic heterocycles. The number of halogens is 1. The Balaban J connectivity index is 2.29. The SMILES string of the molecule is CCOc1cc(C(=O)Nc2cccc(C)c2)cc(Br)c1OC.